The Balaban J connectivity index is 1.45. The Morgan fingerprint density at radius 3 is 2.63 bits per heavy atom. The van der Waals surface area contributed by atoms with Crippen LogP contribution in [0.25, 0.3) is 0 Å². The van der Waals surface area contributed by atoms with E-state index >= 15 is 0 Å². The molecule has 27 heavy (non-hydrogen) atoms. The van der Waals surface area contributed by atoms with Crippen LogP contribution >= 0.6 is 11.3 Å². The van der Waals surface area contributed by atoms with Crippen LogP contribution in [0, 0.1) is 0 Å². The van der Waals surface area contributed by atoms with E-state index in [0.717, 1.165) is 31.6 Å². The minimum absolute atomic E-state index is 0.0737. The van der Waals surface area contributed by atoms with Gasteiger partial charge in [-0.2, -0.15) is 4.31 Å². The summed E-state index contributed by atoms with van der Waals surface area (Å²) in [6.45, 7) is 5.62. The molecule has 1 aromatic rings. The van der Waals surface area contributed by atoms with Crippen LogP contribution in [0.15, 0.2) is 0 Å². The number of nitrogens with zero attached hydrogens (tertiary/aromatic N) is 2. The maximum Gasteiger partial charge on any atom is 0.265 e. The molecule has 1 aliphatic heterocycles. The third-order valence-electron chi connectivity index (χ3n) is 5.18. The fourth-order valence-electron chi connectivity index (χ4n) is 3.77. The first-order chi connectivity index (χ1) is 13.0. The molecule has 1 fully saturated rings. The predicted octanol–water partition coefficient (Wildman–Crippen LogP) is 1.33. The molecule has 0 atom stereocenters. The van der Waals surface area contributed by atoms with Gasteiger partial charge in [0, 0.05) is 49.7 Å². The molecule has 2 heterocycles. The SMILES string of the molecule is CCCS(=O)(=O)N1CCN(CCNC(=O)c2sc3c(c2OC)CCC3)CC1. The molecule has 1 aromatic heterocycles. The summed E-state index contributed by atoms with van der Waals surface area (Å²) >= 11 is 1.55. The van der Waals surface area contributed by atoms with E-state index in [-0.39, 0.29) is 11.7 Å². The molecule has 7 nitrogen and oxygen atoms in total. The van der Waals surface area contributed by atoms with Gasteiger partial charge < -0.3 is 10.1 Å². The van der Waals surface area contributed by atoms with E-state index in [4.69, 9.17) is 4.74 Å². The first-order valence-corrected chi connectivity index (χ1v) is 12.1. The zero-order valence-electron chi connectivity index (χ0n) is 16.1. The maximum atomic E-state index is 12.5. The van der Waals surface area contributed by atoms with Crippen LogP contribution < -0.4 is 10.1 Å². The number of ether oxygens (including phenoxy) is 1. The number of methoxy groups -OCH3 is 1. The van der Waals surface area contributed by atoms with Crippen molar-refractivity contribution in [2.45, 2.75) is 32.6 Å². The zero-order valence-corrected chi connectivity index (χ0v) is 17.8. The summed E-state index contributed by atoms with van der Waals surface area (Å²) in [6.07, 6.45) is 3.81. The van der Waals surface area contributed by atoms with Gasteiger partial charge in [0.05, 0.1) is 12.9 Å². The van der Waals surface area contributed by atoms with Gasteiger partial charge in [0.15, 0.2) is 0 Å². The third-order valence-corrected chi connectivity index (χ3v) is 8.53. The normalized spacial score (nSPS) is 18.4. The Morgan fingerprint density at radius 2 is 1.96 bits per heavy atom. The number of carbonyl (C=O) groups excluding carboxylic acids is 1. The summed E-state index contributed by atoms with van der Waals surface area (Å²) in [5.74, 6) is 0.894. The summed E-state index contributed by atoms with van der Waals surface area (Å²) < 4.78 is 31.3. The summed E-state index contributed by atoms with van der Waals surface area (Å²) in [4.78, 5) is 16.7. The van der Waals surface area contributed by atoms with E-state index in [1.165, 1.54) is 10.4 Å². The number of hydrogen-bond acceptors (Lipinski definition) is 6. The molecule has 0 bridgehead atoms. The molecule has 0 aromatic carbocycles. The molecule has 2 aliphatic rings. The van der Waals surface area contributed by atoms with Crippen molar-refractivity contribution in [2.24, 2.45) is 0 Å². The van der Waals surface area contributed by atoms with Gasteiger partial charge in [0.25, 0.3) is 5.91 Å². The smallest absolute Gasteiger partial charge is 0.265 e. The van der Waals surface area contributed by atoms with Gasteiger partial charge in [0.1, 0.15) is 10.6 Å². The van der Waals surface area contributed by atoms with Crippen LogP contribution in [0.2, 0.25) is 0 Å². The maximum absolute atomic E-state index is 12.5. The second kappa shape index (κ2) is 8.89. The number of nitrogens with one attached hydrogen (secondary N) is 1. The average molecular weight is 416 g/mol. The lowest BCUT2D eigenvalue weighted by molar-refractivity contribution is 0.0946. The van der Waals surface area contributed by atoms with Crippen molar-refractivity contribution < 1.29 is 17.9 Å². The number of rotatable bonds is 8. The first kappa shape index (κ1) is 20.6. The molecular weight excluding hydrogens is 386 g/mol. The minimum atomic E-state index is -3.11. The standard InChI is InChI=1S/C18H29N3O4S2/c1-3-13-27(23,24)21-11-9-20(10-12-21)8-7-19-18(22)17-16(25-2)14-5-4-6-15(14)26-17/h3-13H2,1-2H3,(H,19,22). The molecule has 1 amide bonds. The van der Waals surface area contributed by atoms with Crippen molar-refractivity contribution >= 4 is 27.3 Å². The Hall–Kier alpha value is -1.16. The predicted molar refractivity (Wildman–Crippen MR) is 107 cm³/mol. The van der Waals surface area contributed by atoms with Gasteiger partial charge in [-0.25, -0.2) is 8.42 Å². The van der Waals surface area contributed by atoms with Crippen molar-refractivity contribution in [2.75, 3.05) is 52.1 Å². The number of fused-ring (bicyclic) bond motifs is 1. The molecule has 0 radical (unpaired) electrons. The molecule has 1 aliphatic carbocycles. The van der Waals surface area contributed by atoms with Crippen LogP contribution in [0.4, 0.5) is 0 Å². The van der Waals surface area contributed by atoms with E-state index < -0.39 is 10.0 Å². The first-order valence-electron chi connectivity index (χ1n) is 9.63. The number of hydrogen-bond donors (Lipinski definition) is 1. The van der Waals surface area contributed by atoms with E-state index in [9.17, 15) is 13.2 Å². The van der Waals surface area contributed by atoms with Gasteiger partial charge >= 0.3 is 0 Å². The lowest BCUT2D eigenvalue weighted by Crippen LogP contribution is -2.50. The number of sulfonamides is 1. The zero-order chi connectivity index (χ0) is 19.4. The quantitative estimate of drug-likeness (QED) is 0.693. The summed E-state index contributed by atoms with van der Waals surface area (Å²) in [5, 5.41) is 2.99. The number of carbonyl (C=O) groups is 1. The largest absolute Gasteiger partial charge is 0.495 e. The molecule has 1 N–H and O–H groups in total. The van der Waals surface area contributed by atoms with Crippen LogP contribution in [0.1, 0.15) is 39.9 Å². The molecule has 9 heteroatoms. The van der Waals surface area contributed by atoms with Gasteiger partial charge in [-0.3, -0.25) is 9.69 Å². The Morgan fingerprint density at radius 1 is 1.22 bits per heavy atom. The van der Waals surface area contributed by atoms with Crippen LogP contribution in [-0.4, -0.2) is 75.7 Å². The van der Waals surface area contributed by atoms with E-state index in [2.05, 4.69) is 10.2 Å². The number of thiophene rings is 1. The summed E-state index contributed by atoms with van der Waals surface area (Å²) in [7, 11) is -1.48. The Kier molecular flexibility index (Phi) is 6.78. The number of aryl methyl sites for hydroxylation is 1. The monoisotopic (exact) mass is 415 g/mol. The summed E-state index contributed by atoms with van der Waals surface area (Å²) in [6, 6.07) is 0. The number of piperazine rings is 1. The molecule has 0 spiro atoms. The minimum Gasteiger partial charge on any atom is -0.495 e. The van der Waals surface area contributed by atoms with E-state index in [1.54, 1.807) is 22.8 Å². The Bertz CT molecular complexity index is 768. The summed E-state index contributed by atoms with van der Waals surface area (Å²) in [5.41, 5.74) is 1.21. The molecule has 0 unspecified atom stereocenters. The number of amides is 1. The van der Waals surface area contributed by atoms with E-state index in [1.807, 2.05) is 6.92 Å². The van der Waals surface area contributed by atoms with E-state index in [0.29, 0.717) is 44.0 Å². The molecule has 152 valence electrons. The second-order valence-electron chi connectivity index (χ2n) is 7.03. The van der Waals surface area contributed by atoms with Gasteiger partial charge in [-0.1, -0.05) is 6.92 Å². The lowest BCUT2D eigenvalue weighted by atomic mass is 10.2. The highest BCUT2D eigenvalue weighted by atomic mass is 32.2. The van der Waals surface area contributed by atoms with Gasteiger partial charge in [-0.05, 0) is 25.7 Å². The van der Waals surface area contributed by atoms with Gasteiger partial charge in [0.2, 0.25) is 10.0 Å². The highest BCUT2D eigenvalue weighted by Gasteiger charge is 2.27. The molecular formula is C18H29N3O4S2. The Labute approximate surface area is 165 Å². The van der Waals surface area contributed by atoms with Crippen molar-refractivity contribution in [3.8, 4) is 5.75 Å². The van der Waals surface area contributed by atoms with Crippen LogP contribution in [0.3, 0.4) is 0 Å². The second-order valence-corrected chi connectivity index (χ2v) is 10.2. The van der Waals surface area contributed by atoms with Crippen LogP contribution in [-0.2, 0) is 22.9 Å². The van der Waals surface area contributed by atoms with Gasteiger partial charge in [-0.15, -0.1) is 11.3 Å². The lowest BCUT2D eigenvalue weighted by Gasteiger charge is -2.33. The highest BCUT2D eigenvalue weighted by Crippen LogP contribution is 2.40. The topological polar surface area (TPSA) is 79.0 Å². The third kappa shape index (κ3) is 4.64. The average Bonchev–Trinajstić information content (AvgIpc) is 3.22. The van der Waals surface area contributed by atoms with Crippen molar-refractivity contribution in [1.29, 1.82) is 0 Å². The highest BCUT2D eigenvalue weighted by molar-refractivity contribution is 7.89. The van der Waals surface area contributed by atoms with Crippen molar-refractivity contribution in [1.82, 2.24) is 14.5 Å². The molecule has 3 rings (SSSR count). The molecule has 1 saturated heterocycles. The van der Waals surface area contributed by atoms with Crippen molar-refractivity contribution in [3.05, 3.63) is 15.3 Å². The van der Waals surface area contributed by atoms with Crippen molar-refractivity contribution in [3.63, 3.8) is 0 Å². The molecule has 0 saturated carbocycles. The fourth-order valence-corrected chi connectivity index (χ4v) is 6.54. The van der Waals surface area contributed by atoms with Crippen LogP contribution in [0.5, 0.6) is 5.75 Å². The fraction of sp³-hybridized carbons (Fsp3) is 0.722.